The molecule has 4 heavy (non-hydrogen) atoms. The Hall–Kier alpha value is 0.463. The van der Waals surface area contributed by atoms with Crippen LogP contribution in [0.2, 0.25) is 0 Å². The standard InChI is InChI=1S/CH8GeN2/c2-1(3)4/h1H,3-4H2,2H3. The van der Waals surface area contributed by atoms with E-state index in [1.165, 1.54) is 0 Å². The molecule has 0 bridgehead atoms. The number of hydrogen-bond acceptors (Lipinski definition) is 2. The van der Waals surface area contributed by atoms with Crippen LogP contribution in [-0.2, 0) is 0 Å². The Morgan fingerprint density at radius 3 is 1.50 bits per heavy atom. The SMILES string of the molecule is N[CH](N)[GeH3]. The molecule has 0 aliphatic rings. The van der Waals surface area contributed by atoms with E-state index in [2.05, 4.69) is 0 Å². The molecule has 26 valence electrons. The van der Waals surface area contributed by atoms with Crippen LogP contribution in [0.4, 0.5) is 0 Å². The fourth-order valence-electron chi connectivity index (χ4n) is 0. The fraction of sp³-hybridized carbons (Fsp3) is 1.00. The van der Waals surface area contributed by atoms with Crippen LogP contribution in [-0.4, -0.2) is 21.5 Å². The second-order valence-electron chi connectivity index (χ2n) is 0.859. The van der Waals surface area contributed by atoms with Crippen molar-refractivity contribution in [1.82, 2.24) is 0 Å². The first-order valence-corrected chi connectivity index (χ1v) is 3.67. The summed E-state index contributed by atoms with van der Waals surface area (Å²) in [5.74, 6) is 0. The minimum absolute atomic E-state index is 0.0208. The van der Waals surface area contributed by atoms with Gasteiger partial charge in [-0.3, -0.25) is 0 Å². The number of nitrogens with two attached hydrogens (primary N) is 2. The van der Waals surface area contributed by atoms with Crippen molar-refractivity contribution in [2.45, 2.75) is 5.00 Å². The summed E-state index contributed by atoms with van der Waals surface area (Å²) in [6.07, 6.45) is 0. The fourth-order valence-corrected chi connectivity index (χ4v) is 0. The predicted molar refractivity (Wildman–Crippen MR) is 22.1 cm³/mol. The summed E-state index contributed by atoms with van der Waals surface area (Å²) >= 11 is 0.618. The van der Waals surface area contributed by atoms with Gasteiger partial charge in [0.1, 0.15) is 0 Å². The van der Waals surface area contributed by atoms with Crippen LogP contribution in [0.1, 0.15) is 0 Å². The van der Waals surface area contributed by atoms with Crippen molar-refractivity contribution in [1.29, 1.82) is 0 Å². The molecule has 0 heterocycles. The molecule has 0 amide bonds. The Kier molecular flexibility index (Phi) is 1.95. The van der Waals surface area contributed by atoms with Gasteiger partial charge in [0.15, 0.2) is 0 Å². The topological polar surface area (TPSA) is 52.0 Å². The molecule has 0 radical (unpaired) electrons. The van der Waals surface area contributed by atoms with Crippen LogP contribution in [0.15, 0.2) is 0 Å². The van der Waals surface area contributed by atoms with Crippen molar-refractivity contribution in [3.63, 3.8) is 0 Å². The maximum absolute atomic E-state index is 4.97. The van der Waals surface area contributed by atoms with Crippen LogP contribution in [0.3, 0.4) is 0 Å². The summed E-state index contributed by atoms with van der Waals surface area (Å²) in [7, 11) is 0. The molecule has 0 saturated heterocycles. The van der Waals surface area contributed by atoms with E-state index in [0.29, 0.717) is 16.5 Å². The summed E-state index contributed by atoms with van der Waals surface area (Å²) in [6, 6.07) is 0. The summed E-state index contributed by atoms with van der Waals surface area (Å²) < 4.78 is 0. The molecule has 2 nitrogen and oxygen atoms in total. The summed E-state index contributed by atoms with van der Waals surface area (Å²) in [5, 5.41) is 0. The summed E-state index contributed by atoms with van der Waals surface area (Å²) in [6.45, 7) is 0. The van der Waals surface area contributed by atoms with Crippen LogP contribution in [0.5, 0.6) is 0 Å². The summed E-state index contributed by atoms with van der Waals surface area (Å²) in [5.41, 5.74) is 9.94. The van der Waals surface area contributed by atoms with Crippen molar-refractivity contribution in [2.75, 3.05) is 0 Å². The number of rotatable bonds is 0. The Morgan fingerprint density at radius 1 is 1.50 bits per heavy atom. The van der Waals surface area contributed by atoms with E-state index in [-0.39, 0.29) is 5.00 Å². The monoisotopic (exact) mass is 122 g/mol. The molecule has 0 atom stereocenters. The van der Waals surface area contributed by atoms with Crippen LogP contribution < -0.4 is 11.5 Å². The molecule has 0 aromatic carbocycles. The summed E-state index contributed by atoms with van der Waals surface area (Å²) in [4.78, 5) is 0.0208. The van der Waals surface area contributed by atoms with Crippen molar-refractivity contribution >= 4 is 16.5 Å². The van der Waals surface area contributed by atoms with E-state index in [1.54, 1.807) is 0 Å². The molecule has 3 heteroatoms. The molecular formula is CH8GeN2. The van der Waals surface area contributed by atoms with Gasteiger partial charge in [-0.25, -0.2) is 0 Å². The van der Waals surface area contributed by atoms with Gasteiger partial charge in [-0.15, -0.1) is 0 Å². The van der Waals surface area contributed by atoms with Crippen LogP contribution >= 0.6 is 0 Å². The third-order valence-corrected chi connectivity index (χ3v) is 0. The number of hydrogen-bond donors (Lipinski definition) is 2. The zero-order valence-corrected chi connectivity index (χ0v) is 6.93. The zero-order chi connectivity index (χ0) is 3.58. The van der Waals surface area contributed by atoms with E-state index in [9.17, 15) is 0 Å². The molecule has 4 N–H and O–H groups in total. The van der Waals surface area contributed by atoms with Crippen molar-refractivity contribution in [3.8, 4) is 0 Å². The second-order valence-corrected chi connectivity index (χ2v) is 3.66. The Bertz CT molecular complexity index is 10.8. The van der Waals surface area contributed by atoms with Crippen LogP contribution in [0.25, 0.3) is 0 Å². The van der Waals surface area contributed by atoms with E-state index in [4.69, 9.17) is 11.5 Å². The van der Waals surface area contributed by atoms with Gasteiger partial charge in [0.05, 0.1) is 0 Å². The van der Waals surface area contributed by atoms with Gasteiger partial charge in [0.25, 0.3) is 0 Å². The van der Waals surface area contributed by atoms with Gasteiger partial charge in [0.2, 0.25) is 0 Å². The predicted octanol–water partition coefficient (Wildman–Crippen LogP) is -2.45. The molecule has 0 aliphatic carbocycles. The third-order valence-electron chi connectivity index (χ3n) is 0. The first kappa shape index (κ1) is 4.46. The Morgan fingerprint density at radius 2 is 1.50 bits per heavy atom. The molecular weight excluding hydrogens is 113 g/mol. The van der Waals surface area contributed by atoms with Gasteiger partial charge in [-0.2, -0.15) is 0 Å². The Balaban J connectivity index is 2.32. The van der Waals surface area contributed by atoms with Gasteiger partial charge in [-0.1, -0.05) is 0 Å². The molecule has 0 spiro atoms. The molecule has 0 rings (SSSR count). The van der Waals surface area contributed by atoms with E-state index >= 15 is 0 Å². The second kappa shape index (κ2) is 1.75. The van der Waals surface area contributed by atoms with Crippen LogP contribution in [0, 0.1) is 0 Å². The van der Waals surface area contributed by atoms with Crippen molar-refractivity contribution < 1.29 is 0 Å². The molecule has 0 aromatic rings. The minimum atomic E-state index is 0.0208. The normalized spacial score (nSPS) is 9.75. The van der Waals surface area contributed by atoms with E-state index in [0.717, 1.165) is 0 Å². The van der Waals surface area contributed by atoms with Gasteiger partial charge < -0.3 is 0 Å². The van der Waals surface area contributed by atoms with Crippen molar-refractivity contribution in [2.24, 2.45) is 11.5 Å². The van der Waals surface area contributed by atoms with Gasteiger partial charge >= 0.3 is 33.0 Å². The van der Waals surface area contributed by atoms with Crippen molar-refractivity contribution in [3.05, 3.63) is 0 Å². The average molecular weight is 121 g/mol. The molecule has 0 aromatic heterocycles. The average Bonchev–Trinajstić information content (AvgIpc) is 0.811. The quantitative estimate of drug-likeness (QED) is 0.276. The first-order chi connectivity index (χ1) is 1.73. The van der Waals surface area contributed by atoms with Gasteiger partial charge in [-0.05, 0) is 0 Å². The Labute approximate surface area is 33.8 Å². The van der Waals surface area contributed by atoms with E-state index in [1.807, 2.05) is 0 Å². The molecule has 0 fully saturated rings. The zero-order valence-electron chi connectivity index (χ0n) is 2.73. The van der Waals surface area contributed by atoms with Gasteiger partial charge in [0, 0.05) is 0 Å². The molecule has 0 unspecified atom stereocenters. The van der Waals surface area contributed by atoms with E-state index < -0.39 is 0 Å². The molecule has 0 saturated carbocycles. The maximum atomic E-state index is 4.97. The first-order valence-electron chi connectivity index (χ1n) is 1.24. The molecule has 0 aliphatic heterocycles. The third kappa shape index (κ3) is 24.6.